The average Bonchev–Trinajstić information content (AvgIpc) is 2.36. The first-order valence-electron chi connectivity index (χ1n) is 6.35. The second-order valence-electron chi connectivity index (χ2n) is 4.87. The highest BCUT2D eigenvalue weighted by Gasteiger charge is 2.13. The largest absolute Gasteiger partial charge is 0.290 e. The van der Waals surface area contributed by atoms with Crippen LogP contribution in [0.5, 0.6) is 0 Å². The lowest BCUT2D eigenvalue weighted by Gasteiger charge is -2.09. The highest BCUT2D eigenvalue weighted by atomic mass is 35.5. The summed E-state index contributed by atoms with van der Waals surface area (Å²) in [6.45, 7) is 5.72. The molecule has 0 unspecified atom stereocenters. The van der Waals surface area contributed by atoms with Gasteiger partial charge in [0, 0.05) is 17.0 Å². The van der Waals surface area contributed by atoms with Crippen LogP contribution in [0.2, 0.25) is 10.3 Å². The van der Waals surface area contributed by atoms with Crippen LogP contribution >= 0.6 is 23.2 Å². The van der Waals surface area contributed by atoms with Crippen LogP contribution in [0.1, 0.15) is 41.5 Å². The Bertz CT molecular complexity index is 668. The average molecular weight is 325 g/mol. The van der Waals surface area contributed by atoms with E-state index < -0.39 is 0 Å². The van der Waals surface area contributed by atoms with E-state index in [1.54, 1.807) is 19.1 Å². The summed E-state index contributed by atoms with van der Waals surface area (Å²) in [6, 6.07) is 4.81. The molecule has 0 aliphatic heterocycles. The van der Waals surface area contributed by atoms with Crippen LogP contribution in [0, 0.1) is 6.92 Å². The Kier molecular flexibility index (Phi) is 4.75. The lowest BCUT2D eigenvalue weighted by Crippen LogP contribution is -2.15. The first-order valence-corrected chi connectivity index (χ1v) is 7.11. The minimum atomic E-state index is -0.358. The number of pyridine rings is 1. The lowest BCUT2D eigenvalue weighted by molar-refractivity contribution is 0.102. The van der Waals surface area contributed by atoms with E-state index in [1.807, 2.05) is 13.8 Å². The minimum absolute atomic E-state index is 0.157. The van der Waals surface area contributed by atoms with Gasteiger partial charge in [0.2, 0.25) is 5.95 Å². The first-order chi connectivity index (χ1) is 9.85. The molecule has 0 saturated carbocycles. The summed E-state index contributed by atoms with van der Waals surface area (Å²) < 4.78 is 0. The minimum Gasteiger partial charge on any atom is -0.290 e. The summed E-state index contributed by atoms with van der Waals surface area (Å²) in [5.41, 5.74) is 1.82. The van der Waals surface area contributed by atoms with E-state index in [0.717, 1.165) is 5.69 Å². The molecule has 21 heavy (non-hydrogen) atoms. The maximum absolute atomic E-state index is 12.2. The van der Waals surface area contributed by atoms with E-state index in [0.29, 0.717) is 11.3 Å². The molecule has 0 fully saturated rings. The first kappa shape index (κ1) is 15.7. The smallest absolute Gasteiger partial charge is 0.258 e. The van der Waals surface area contributed by atoms with Crippen molar-refractivity contribution < 1.29 is 4.79 Å². The number of halogens is 2. The van der Waals surface area contributed by atoms with Gasteiger partial charge < -0.3 is 0 Å². The predicted molar refractivity (Wildman–Crippen MR) is 83.1 cm³/mol. The van der Waals surface area contributed by atoms with Gasteiger partial charge in [-0.2, -0.15) is 0 Å². The third-order valence-corrected chi connectivity index (χ3v) is 3.10. The molecule has 0 aliphatic carbocycles. The Morgan fingerprint density at radius 2 is 1.76 bits per heavy atom. The van der Waals surface area contributed by atoms with E-state index in [2.05, 4.69) is 20.3 Å². The fraction of sp³-hybridized carbons (Fsp3) is 0.286. The molecule has 1 amide bonds. The standard InChI is InChI=1S/C14H14Cl2N4O/c1-7(2)10-5-9(6-12(16)18-10)13(21)20-14-17-8(3)4-11(15)19-14/h4-7H,1-3H3,(H,17,19,20,21). The summed E-state index contributed by atoms with van der Waals surface area (Å²) >= 11 is 11.8. The molecule has 2 aromatic heterocycles. The van der Waals surface area contributed by atoms with Gasteiger partial charge in [0.15, 0.2) is 0 Å². The maximum Gasteiger partial charge on any atom is 0.258 e. The second-order valence-corrected chi connectivity index (χ2v) is 5.64. The number of amides is 1. The highest BCUT2D eigenvalue weighted by molar-refractivity contribution is 6.30. The zero-order chi connectivity index (χ0) is 15.6. The van der Waals surface area contributed by atoms with Crippen molar-refractivity contribution in [1.29, 1.82) is 0 Å². The summed E-state index contributed by atoms with van der Waals surface area (Å²) in [4.78, 5) is 24.5. The molecule has 110 valence electrons. The molecule has 7 heteroatoms. The third-order valence-electron chi connectivity index (χ3n) is 2.72. The van der Waals surface area contributed by atoms with Gasteiger partial charge in [0.1, 0.15) is 10.3 Å². The van der Waals surface area contributed by atoms with Gasteiger partial charge in [-0.1, -0.05) is 37.0 Å². The topological polar surface area (TPSA) is 67.8 Å². The van der Waals surface area contributed by atoms with E-state index >= 15 is 0 Å². The van der Waals surface area contributed by atoms with Crippen LogP contribution in [0.4, 0.5) is 5.95 Å². The number of hydrogen-bond donors (Lipinski definition) is 1. The quantitative estimate of drug-likeness (QED) is 0.687. The molecule has 1 N–H and O–H groups in total. The number of aryl methyl sites for hydroxylation is 1. The molecule has 0 bridgehead atoms. The molecular weight excluding hydrogens is 311 g/mol. The fourth-order valence-electron chi connectivity index (χ4n) is 1.70. The Hall–Kier alpha value is -1.72. The van der Waals surface area contributed by atoms with Crippen LogP contribution in [0.15, 0.2) is 18.2 Å². The van der Waals surface area contributed by atoms with Gasteiger partial charge in [-0.3, -0.25) is 10.1 Å². The maximum atomic E-state index is 12.2. The number of carbonyl (C=O) groups is 1. The summed E-state index contributed by atoms with van der Waals surface area (Å²) in [7, 11) is 0. The Morgan fingerprint density at radius 1 is 1.10 bits per heavy atom. The monoisotopic (exact) mass is 324 g/mol. The van der Waals surface area contributed by atoms with Crippen LogP contribution in [0.3, 0.4) is 0 Å². The molecule has 0 aliphatic rings. The molecule has 2 rings (SSSR count). The Labute approximate surface area is 132 Å². The molecular formula is C14H14Cl2N4O. The second kappa shape index (κ2) is 6.37. The number of hydrogen-bond acceptors (Lipinski definition) is 4. The Morgan fingerprint density at radius 3 is 2.38 bits per heavy atom. The van der Waals surface area contributed by atoms with Crippen molar-refractivity contribution in [3.63, 3.8) is 0 Å². The van der Waals surface area contributed by atoms with Gasteiger partial charge in [-0.25, -0.2) is 15.0 Å². The van der Waals surface area contributed by atoms with Crippen LogP contribution < -0.4 is 5.32 Å². The lowest BCUT2D eigenvalue weighted by atomic mass is 10.1. The Balaban J connectivity index is 2.28. The molecule has 0 atom stereocenters. The van der Waals surface area contributed by atoms with Crippen molar-refractivity contribution in [3.8, 4) is 0 Å². The number of nitrogens with one attached hydrogen (secondary N) is 1. The van der Waals surface area contributed by atoms with Crippen molar-refractivity contribution >= 4 is 35.1 Å². The number of carbonyl (C=O) groups excluding carboxylic acids is 1. The molecule has 0 spiro atoms. The molecule has 0 aromatic carbocycles. The fourth-order valence-corrected chi connectivity index (χ4v) is 2.16. The van der Waals surface area contributed by atoms with Crippen molar-refractivity contribution in [2.75, 3.05) is 5.32 Å². The predicted octanol–water partition coefficient (Wildman–Crippen LogP) is 3.86. The molecule has 0 saturated heterocycles. The van der Waals surface area contributed by atoms with Crippen molar-refractivity contribution in [3.05, 3.63) is 45.5 Å². The molecule has 2 heterocycles. The van der Waals surface area contributed by atoms with E-state index in [1.165, 1.54) is 6.07 Å². The zero-order valence-corrected chi connectivity index (χ0v) is 13.3. The third kappa shape index (κ3) is 4.12. The van der Waals surface area contributed by atoms with Crippen LogP contribution in [-0.4, -0.2) is 20.9 Å². The SMILES string of the molecule is Cc1cc(Cl)nc(NC(=O)c2cc(Cl)nc(C(C)C)c2)n1. The highest BCUT2D eigenvalue weighted by Crippen LogP contribution is 2.18. The summed E-state index contributed by atoms with van der Waals surface area (Å²) in [5.74, 6) is -0.0354. The van der Waals surface area contributed by atoms with Crippen LogP contribution in [0.25, 0.3) is 0 Å². The normalized spacial score (nSPS) is 10.8. The number of anilines is 1. The van der Waals surface area contributed by atoms with Crippen molar-refractivity contribution in [2.24, 2.45) is 0 Å². The van der Waals surface area contributed by atoms with Gasteiger partial charge >= 0.3 is 0 Å². The van der Waals surface area contributed by atoms with Crippen molar-refractivity contribution in [2.45, 2.75) is 26.7 Å². The van der Waals surface area contributed by atoms with Gasteiger partial charge in [-0.15, -0.1) is 0 Å². The van der Waals surface area contributed by atoms with E-state index in [-0.39, 0.29) is 28.1 Å². The number of aromatic nitrogens is 3. The van der Waals surface area contributed by atoms with Gasteiger partial charge in [0.25, 0.3) is 5.91 Å². The van der Waals surface area contributed by atoms with E-state index in [4.69, 9.17) is 23.2 Å². The molecule has 2 aromatic rings. The summed E-state index contributed by atoms with van der Waals surface area (Å²) in [6.07, 6.45) is 0. The summed E-state index contributed by atoms with van der Waals surface area (Å²) in [5, 5.41) is 3.15. The number of nitrogens with zero attached hydrogens (tertiary/aromatic N) is 3. The van der Waals surface area contributed by atoms with Crippen molar-refractivity contribution in [1.82, 2.24) is 15.0 Å². The van der Waals surface area contributed by atoms with Crippen LogP contribution in [-0.2, 0) is 0 Å². The molecule has 5 nitrogen and oxygen atoms in total. The van der Waals surface area contributed by atoms with Gasteiger partial charge in [-0.05, 0) is 31.0 Å². The van der Waals surface area contributed by atoms with Gasteiger partial charge in [0.05, 0.1) is 0 Å². The zero-order valence-electron chi connectivity index (χ0n) is 11.8. The van der Waals surface area contributed by atoms with E-state index in [9.17, 15) is 4.79 Å². The number of rotatable bonds is 3. The molecule has 0 radical (unpaired) electrons.